The second kappa shape index (κ2) is 7.49. The Bertz CT molecular complexity index is 362. The molecule has 0 fully saturated rings. The Labute approximate surface area is 110 Å². The van der Waals surface area contributed by atoms with Gasteiger partial charge < -0.3 is 10.1 Å². The minimum absolute atomic E-state index is 0.0422. The van der Waals surface area contributed by atoms with Crippen LogP contribution in [0, 0.1) is 12.7 Å². The topological polar surface area (TPSA) is 21.3 Å². The van der Waals surface area contributed by atoms with Crippen LogP contribution in [0.5, 0.6) is 0 Å². The molecule has 2 unspecified atom stereocenters. The molecule has 0 saturated carbocycles. The maximum atomic E-state index is 13.4. The van der Waals surface area contributed by atoms with Crippen LogP contribution in [0.4, 0.5) is 4.39 Å². The molecule has 18 heavy (non-hydrogen) atoms. The molecule has 1 N–H and O–H groups in total. The van der Waals surface area contributed by atoms with Gasteiger partial charge in [-0.3, -0.25) is 0 Å². The highest BCUT2D eigenvalue weighted by Gasteiger charge is 2.23. The lowest BCUT2D eigenvalue weighted by Crippen LogP contribution is -2.32. The van der Waals surface area contributed by atoms with Crippen LogP contribution in [0.25, 0.3) is 0 Å². The summed E-state index contributed by atoms with van der Waals surface area (Å²) in [4.78, 5) is 0. The number of hydrogen-bond donors (Lipinski definition) is 1. The molecule has 0 saturated heterocycles. The van der Waals surface area contributed by atoms with E-state index in [-0.39, 0.29) is 18.0 Å². The smallest absolute Gasteiger partial charge is 0.123 e. The second-order valence-electron chi connectivity index (χ2n) is 4.55. The monoisotopic (exact) mass is 253 g/mol. The number of benzene rings is 1. The maximum Gasteiger partial charge on any atom is 0.123 e. The Morgan fingerprint density at radius 3 is 2.61 bits per heavy atom. The molecular formula is C15H24FNO. The highest BCUT2D eigenvalue weighted by molar-refractivity contribution is 5.30. The second-order valence-corrected chi connectivity index (χ2v) is 4.55. The van der Waals surface area contributed by atoms with Crippen molar-refractivity contribution in [1.82, 2.24) is 5.32 Å². The zero-order valence-corrected chi connectivity index (χ0v) is 11.8. The molecule has 2 atom stereocenters. The molecule has 0 aliphatic rings. The highest BCUT2D eigenvalue weighted by Crippen LogP contribution is 2.26. The summed E-state index contributed by atoms with van der Waals surface area (Å²) in [5, 5.41) is 3.26. The van der Waals surface area contributed by atoms with Crippen molar-refractivity contribution in [2.75, 3.05) is 13.7 Å². The molecule has 1 rings (SSSR count). The first-order chi connectivity index (χ1) is 8.63. The van der Waals surface area contributed by atoms with Crippen LogP contribution < -0.4 is 5.32 Å². The van der Waals surface area contributed by atoms with E-state index in [9.17, 15) is 4.39 Å². The molecule has 1 aromatic rings. The van der Waals surface area contributed by atoms with Crippen LogP contribution in [0.2, 0.25) is 0 Å². The van der Waals surface area contributed by atoms with Gasteiger partial charge in [-0.1, -0.05) is 19.4 Å². The summed E-state index contributed by atoms with van der Waals surface area (Å²) >= 11 is 0. The van der Waals surface area contributed by atoms with E-state index in [2.05, 4.69) is 12.2 Å². The van der Waals surface area contributed by atoms with Gasteiger partial charge >= 0.3 is 0 Å². The lowest BCUT2D eigenvalue weighted by Gasteiger charge is -2.28. The first-order valence-corrected chi connectivity index (χ1v) is 6.68. The Balaban J connectivity index is 3.01. The highest BCUT2D eigenvalue weighted by atomic mass is 19.1. The fourth-order valence-corrected chi connectivity index (χ4v) is 2.33. The van der Waals surface area contributed by atoms with Gasteiger partial charge in [0, 0.05) is 6.61 Å². The molecule has 0 radical (unpaired) electrons. The van der Waals surface area contributed by atoms with Gasteiger partial charge in [0.2, 0.25) is 0 Å². The van der Waals surface area contributed by atoms with Gasteiger partial charge in [-0.15, -0.1) is 0 Å². The van der Waals surface area contributed by atoms with Gasteiger partial charge in [0.25, 0.3) is 0 Å². The van der Waals surface area contributed by atoms with Gasteiger partial charge in [0.05, 0.1) is 12.1 Å². The van der Waals surface area contributed by atoms with Crippen molar-refractivity contribution in [3.8, 4) is 0 Å². The average molecular weight is 253 g/mol. The van der Waals surface area contributed by atoms with E-state index in [0.717, 1.165) is 24.0 Å². The minimum Gasteiger partial charge on any atom is -0.377 e. The molecule has 0 bridgehead atoms. The van der Waals surface area contributed by atoms with Crippen molar-refractivity contribution >= 4 is 0 Å². The zero-order valence-electron chi connectivity index (χ0n) is 11.8. The molecule has 2 nitrogen and oxygen atoms in total. The van der Waals surface area contributed by atoms with Gasteiger partial charge in [0.1, 0.15) is 5.82 Å². The number of nitrogens with one attached hydrogen (secondary N) is 1. The van der Waals surface area contributed by atoms with Crippen molar-refractivity contribution in [1.29, 1.82) is 0 Å². The quantitative estimate of drug-likeness (QED) is 0.801. The number of hydrogen-bond acceptors (Lipinski definition) is 2. The van der Waals surface area contributed by atoms with E-state index in [1.54, 1.807) is 6.07 Å². The van der Waals surface area contributed by atoms with Gasteiger partial charge in [0.15, 0.2) is 0 Å². The standard InChI is InChI=1S/C15H24FNO/c1-5-7-14(18-6-2)15(17-4)13-10-12(16)9-8-11(13)3/h8-10,14-15,17H,5-7H2,1-4H3. The van der Waals surface area contributed by atoms with E-state index in [1.807, 2.05) is 27.0 Å². The molecule has 0 heterocycles. The molecule has 0 aliphatic heterocycles. The molecule has 0 aliphatic carbocycles. The Morgan fingerprint density at radius 2 is 2.06 bits per heavy atom. The third-order valence-corrected chi connectivity index (χ3v) is 3.21. The zero-order chi connectivity index (χ0) is 13.5. The summed E-state index contributed by atoms with van der Waals surface area (Å²) in [6, 6.07) is 4.98. The molecule has 0 aromatic heterocycles. The number of likely N-dealkylation sites (N-methyl/N-ethyl adjacent to an activating group) is 1. The summed E-state index contributed by atoms with van der Waals surface area (Å²) in [6.45, 7) is 6.82. The average Bonchev–Trinajstić information content (AvgIpc) is 2.35. The lowest BCUT2D eigenvalue weighted by atomic mass is 9.94. The van der Waals surface area contributed by atoms with E-state index >= 15 is 0 Å². The van der Waals surface area contributed by atoms with E-state index in [1.165, 1.54) is 6.07 Å². The first-order valence-electron chi connectivity index (χ1n) is 6.68. The first kappa shape index (κ1) is 15.1. The van der Waals surface area contributed by atoms with Crippen molar-refractivity contribution in [2.24, 2.45) is 0 Å². The molecule has 0 spiro atoms. The molecule has 1 aromatic carbocycles. The maximum absolute atomic E-state index is 13.4. The van der Waals surface area contributed by atoms with Gasteiger partial charge in [-0.25, -0.2) is 4.39 Å². The van der Waals surface area contributed by atoms with Gasteiger partial charge in [-0.2, -0.15) is 0 Å². The minimum atomic E-state index is -0.192. The van der Waals surface area contributed by atoms with Crippen LogP contribution in [-0.4, -0.2) is 19.8 Å². The summed E-state index contributed by atoms with van der Waals surface area (Å²) in [5.41, 5.74) is 2.08. The van der Waals surface area contributed by atoms with Crippen LogP contribution in [0.15, 0.2) is 18.2 Å². The van der Waals surface area contributed by atoms with E-state index < -0.39 is 0 Å². The summed E-state index contributed by atoms with van der Waals surface area (Å²) in [6.07, 6.45) is 2.11. The summed E-state index contributed by atoms with van der Waals surface area (Å²) in [5.74, 6) is -0.192. The Kier molecular flexibility index (Phi) is 6.30. The largest absolute Gasteiger partial charge is 0.377 e. The fourth-order valence-electron chi connectivity index (χ4n) is 2.33. The van der Waals surface area contributed by atoms with E-state index in [4.69, 9.17) is 4.74 Å². The lowest BCUT2D eigenvalue weighted by molar-refractivity contribution is 0.0293. The van der Waals surface area contributed by atoms with Crippen molar-refractivity contribution < 1.29 is 9.13 Å². The number of halogens is 1. The Morgan fingerprint density at radius 1 is 1.33 bits per heavy atom. The van der Waals surface area contributed by atoms with Crippen LogP contribution in [-0.2, 0) is 4.74 Å². The van der Waals surface area contributed by atoms with Crippen molar-refractivity contribution in [3.05, 3.63) is 35.1 Å². The van der Waals surface area contributed by atoms with Crippen molar-refractivity contribution in [3.63, 3.8) is 0 Å². The summed E-state index contributed by atoms with van der Waals surface area (Å²) < 4.78 is 19.2. The molecule has 102 valence electrons. The van der Waals surface area contributed by atoms with Gasteiger partial charge in [-0.05, 0) is 50.6 Å². The van der Waals surface area contributed by atoms with Crippen LogP contribution >= 0.6 is 0 Å². The molecule has 3 heteroatoms. The SMILES string of the molecule is CCCC(OCC)C(NC)c1cc(F)ccc1C. The predicted octanol–water partition coefficient (Wildman–Crippen LogP) is 3.60. The predicted molar refractivity (Wildman–Crippen MR) is 73.3 cm³/mol. The van der Waals surface area contributed by atoms with E-state index in [0.29, 0.717) is 6.61 Å². The normalized spacial score (nSPS) is 14.5. The number of ether oxygens (including phenoxy) is 1. The molecule has 0 amide bonds. The van der Waals surface area contributed by atoms with Crippen molar-refractivity contribution in [2.45, 2.75) is 45.8 Å². The fraction of sp³-hybridized carbons (Fsp3) is 0.600. The molecular weight excluding hydrogens is 229 g/mol. The Hall–Kier alpha value is -0.930. The number of aryl methyl sites for hydroxylation is 1. The third kappa shape index (κ3) is 3.79. The number of rotatable bonds is 7. The third-order valence-electron chi connectivity index (χ3n) is 3.21. The summed E-state index contributed by atoms with van der Waals surface area (Å²) in [7, 11) is 1.90. The van der Waals surface area contributed by atoms with Crippen LogP contribution in [0.3, 0.4) is 0 Å². The van der Waals surface area contributed by atoms with Crippen LogP contribution in [0.1, 0.15) is 43.9 Å².